The monoisotopic (exact) mass is 495 g/mol. The Labute approximate surface area is 215 Å². The van der Waals surface area contributed by atoms with Gasteiger partial charge in [-0.15, -0.1) is 0 Å². The van der Waals surface area contributed by atoms with E-state index in [1.165, 1.54) is 51.2 Å². The first-order valence-corrected chi connectivity index (χ1v) is 13.1. The van der Waals surface area contributed by atoms with Gasteiger partial charge in [-0.25, -0.2) is 5.43 Å². The van der Waals surface area contributed by atoms with Crippen LogP contribution in [0.25, 0.3) is 0 Å². The van der Waals surface area contributed by atoms with E-state index in [9.17, 15) is 9.59 Å². The summed E-state index contributed by atoms with van der Waals surface area (Å²) < 4.78 is 11.3. The Morgan fingerprint density at radius 3 is 2.25 bits per heavy atom. The van der Waals surface area contributed by atoms with Crippen LogP contribution in [0, 0.1) is 0 Å². The van der Waals surface area contributed by atoms with Gasteiger partial charge in [0.15, 0.2) is 11.5 Å². The highest BCUT2D eigenvalue weighted by atomic mass is 16.5. The summed E-state index contributed by atoms with van der Waals surface area (Å²) in [7, 11) is 1.57. The molecule has 0 unspecified atom stereocenters. The van der Waals surface area contributed by atoms with E-state index in [-0.39, 0.29) is 18.4 Å². The lowest BCUT2D eigenvalue weighted by Gasteiger charge is -2.11. The molecule has 0 fully saturated rings. The quantitative estimate of drug-likeness (QED) is 0.156. The fourth-order valence-electron chi connectivity index (χ4n) is 3.70. The maximum Gasteiger partial charge on any atom is 0.259 e. The highest BCUT2D eigenvalue weighted by Gasteiger charge is 2.07. The molecule has 0 aliphatic rings. The number of hydrazone groups is 1. The van der Waals surface area contributed by atoms with Crippen molar-refractivity contribution < 1.29 is 19.1 Å². The third kappa shape index (κ3) is 12.4. The molecule has 2 N–H and O–H groups in total. The maximum atomic E-state index is 12.0. The molecule has 2 aromatic rings. The zero-order chi connectivity index (χ0) is 25.8. The summed E-state index contributed by atoms with van der Waals surface area (Å²) in [4.78, 5) is 23.9. The number of amides is 2. The second kappa shape index (κ2) is 18.0. The van der Waals surface area contributed by atoms with Crippen molar-refractivity contribution in [2.24, 2.45) is 5.10 Å². The Kier molecular flexibility index (Phi) is 14.4. The minimum Gasteiger partial charge on any atom is -0.493 e. The van der Waals surface area contributed by atoms with E-state index in [1.54, 1.807) is 19.2 Å². The van der Waals surface area contributed by atoms with Gasteiger partial charge in [0.05, 0.1) is 19.9 Å². The molecular weight excluding hydrogens is 454 g/mol. The number of hydrogen-bond donors (Lipinski definition) is 2. The highest BCUT2D eigenvalue weighted by Crippen LogP contribution is 2.28. The van der Waals surface area contributed by atoms with Crippen molar-refractivity contribution >= 4 is 18.0 Å². The molecule has 0 aliphatic heterocycles. The molecule has 0 heterocycles. The highest BCUT2D eigenvalue weighted by molar-refractivity contribution is 5.86. The third-order valence-corrected chi connectivity index (χ3v) is 5.78. The molecule has 0 bridgehead atoms. The number of nitrogens with one attached hydrogen (secondary N) is 2. The number of hydrogen-bond acceptors (Lipinski definition) is 5. The predicted molar refractivity (Wildman–Crippen MR) is 144 cm³/mol. The molecule has 7 heteroatoms. The summed E-state index contributed by atoms with van der Waals surface area (Å²) in [5.74, 6) is 0.719. The number of methoxy groups -OCH3 is 1. The van der Waals surface area contributed by atoms with Gasteiger partial charge in [-0.3, -0.25) is 9.59 Å². The van der Waals surface area contributed by atoms with E-state index >= 15 is 0 Å². The standard InChI is InChI=1S/C29H41N3O4/c1-3-4-5-6-7-8-9-10-14-17-28(33)30-22-29(34)32-31-21-25-18-19-26(27(20-25)35-2)36-23-24-15-12-11-13-16-24/h11-13,15-16,18-21H,3-10,14,17,22-23H2,1-2H3,(H,30,33)(H,32,34)/b31-21-. The Morgan fingerprint density at radius 1 is 0.861 bits per heavy atom. The normalized spacial score (nSPS) is 10.8. The number of unbranched alkanes of at least 4 members (excludes halogenated alkanes) is 8. The van der Waals surface area contributed by atoms with Gasteiger partial charge in [0.2, 0.25) is 5.91 Å². The van der Waals surface area contributed by atoms with Gasteiger partial charge in [-0.1, -0.05) is 88.6 Å². The van der Waals surface area contributed by atoms with E-state index < -0.39 is 0 Å². The summed E-state index contributed by atoms with van der Waals surface area (Å²) in [6.45, 7) is 2.57. The number of carbonyl (C=O) groups is 2. The second-order valence-electron chi connectivity index (χ2n) is 8.83. The van der Waals surface area contributed by atoms with Crippen LogP contribution in [0.2, 0.25) is 0 Å². The minimum atomic E-state index is -0.374. The molecule has 0 spiro atoms. The van der Waals surface area contributed by atoms with Crippen LogP contribution in [0.3, 0.4) is 0 Å². The van der Waals surface area contributed by atoms with E-state index in [2.05, 4.69) is 22.8 Å². The van der Waals surface area contributed by atoms with Crippen LogP contribution < -0.4 is 20.2 Å². The number of benzene rings is 2. The van der Waals surface area contributed by atoms with Crippen LogP contribution in [0.5, 0.6) is 11.5 Å². The van der Waals surface area contributed by atoms with Gasteiger partial charge >= 0.3 is 0 Å². The summed E-state index contributed by atoms with van der Waals surface area (Å²) in [5.41, 5.74) is 4.24. The molecule has 0 aliphatic carbocycles. The van der Waals surface area contributed by atoms with Gasteiger partial charge in [0.25, 0.3) is 5.91 Å². The topological polar surface area (TPSA) is 89.0 Å². The maximum absolute atomic E-state index is 12.0. The molecule has 0 saturated carbocycles. The largest absolute Gasteiger partial charge is 0.493 e. The van der Waals surface area contributed by atoms with Crippen molar-refractivity contribution in [3.05, 3.63) is 59.7 Å². The van der Waals surface area contributed by atoms with Crippen molar-refractivity contribution in [1.29, 1.82) is 0 Å². The molecule has 0 radical (unpaired) electrons. The lowest BCUT2D eigenvalue weighted by Crippen LogP contribution is -2.34. The van der Waals surface area contributed by atoms with Crippen molar-refractivity contribution in [3.8, 4) is 11.5 Å². The van der Waals surface area contributed by atoms with Crippen LogP contribution in [0.1, 0.15) is 82.3 Å². The van der Waals surface area contributed by atoms with Gasteiger partial charge in [-0.05, 0) is 35.7 Å². The zero-order valence-corrected chi connectivity index (χ0v) is 21.8. The van der Waals surface area contributed by atoms with Crippen LogP contribution in [0.15, 0.2) is 53.6 Å². The fourth-order valence-corrected chi connectivity index (χ4v) is 3.70. The predicted octanol–water partition coefficient (Wildman–Crippen LogP) is 5.76. The summed E-state index contributed by atoms with van der Waals surface area (Å²) in [6.07, 6.45) is 12.8. The Morgan fingerprint density at radius 2 is 1.56 bits per heavy atom. The second-order valence-corrected chi connectivity index (χ2v) is 8.83. The Bertz CT molecular complexity index is 931. The van der Waals surface area contributed by atoms with Gasteiger partial charge < -0.3 is 14.8 Å². The van der Waals surface area contributed by atoms with Crippen LogP contribution in [-0.2, 0) is 16.2 Å². The average molecular weight is 496 g/mol. The van der Waals surface area contributed by atoms with E-state index in [4.69, 9.17) is 9.47 Å². The molecule has 2 amide bonds. The Balaban J connectivity index is 1.62. The molecule has 2 rings (SSSR count). The first kappa shape index (κ1) is 28.9. The lowest BCUT2D eigenvalue weighted by atomic mass is 10.1. The van der Waals surface area contributed by atoms with Gasteiger partial charge in [0.1, 0.15) is 6.61 Å². The summed E-state index contributed by atoms with van der Waals surface area (Å²) in [5, 5.41) is 6.62. The van der Waals surface area contributed by atoms with Crippen LogP contribution in [0.4, 0.5) is 0 Å². The Hall–Kier alpha value is -3.35. The first-order chi connectivity index (χ1) is 17.6. The molecule has 36 heavy (non-hydrogen) atoms. The van der Waals surface area contributed by atoms with E-state index in [0.29, 0.717) is 24.5 Å². The fraction of sp³-hybridized carbons (Fsp3) is 0.483. The van der Waals surface area contributed by atoms with Gasteiger partial charge in [-0.2, -0.15) is 5.10 Å². The minimum absolute atomic E-state index is 0.0941. The van der Waals surface area contributed by atoms with Crippen LogP contribution >= 0.6 is 0 Å². The zero-order valence-electron chi connectivity index (χ0n) is 21.8. The SMILES string of the molecule is CCCCCCCCCCCC(=O)NCC(=O)N/N=C\c1ccc(OCc2ccccc2)c(OC)c1. The number of carbonyl (C=O) groups excluding carboxylic acids is 2. The smallest absolute Gasteiger partial charge is 0.259 e. The van der Waals surface area contributed by atoms with Crippen molar-refractivity contribution in [2.45, 2.75) is 77.7 Å². The third-order valence-electron chi connectivity index (χ3n) is 5.78. The number of rotatable bonds is 18. The molecule has 7 nitrogen and oxygen atoms in total. The van der Waals surface area contributed by atoms with Crippen molar-refractivity contribution in [1.82, 2.24) is 10.7 Å². The van der Waals surface area contributed by atoms with E-state index in [1.807, 2.05) is 36.4 Å². The molecule has 196 valence electrons. The molecule has 2 aromatic carbocycles. The molecular formula is C29H41N3O4. The summed E-state index contributed by atoms with van der Waals surface area (Å²) >= 11 is 0. The summed E-state index contributed by atoms with van der Waals surface area (Å²) in [6, 6.07) is 15.3. The number of nitrogens with zero attached hydrogens (tertiary/aromatic N) is 1. The lowest BCUT2D eigenvalue weighted by molar-refractivity contribution is -0.126. The van der Waals surface area contributed by atoms with E-state index in [0.717, 1.165) is 24.0 Å². The number of ether oxygens (including phenoxy) is 2. The van der Waals surface area contributed by atoms with Gasteiger partial charge in [0, 0.05) is 6.42 Å². The molecule has 0 aromatic heterocycles. The average Bonchev–Trinajstić information content (AvgIpc) is 2.90. The van der Waals surface area contributed by atoms with Crippen LogP contribution in [-0.4, -0.2) is 31.7 Å². The van der Waals surface area contributed by atoms with Crippen molar-refractivity contribution in [3.63, 3.8) is 0 Å². The first-order valence-electron chi connectivity index (χ1n) is 13.1. The van der Waals surface area contributed by atoms with Crippen molar-refractivity contribution in [2.75, 3.05) is 13.7 Å². The molecule has 0 saturated heterocycles. The molecule has 0 atom stereocenters.